The Kier molecular flexibility index (Phi) is 10.9. The molecule has 0 fully saturated rings. The van der Waals surface area contributed by atoms with Crippen LogP contribution in [-0.2, 0) is 11.4 Å². The highest BCUT2D eigenvalue weighted by atomic mass is 19.4. The molecule has 0 saturated heterocycles. The predicted octanol–water partition coefficient (Wildman–Crippen LogP) is 5.32. The molecule has 238 valence electrons. The Bertz CT molecular complexity index is 1400. The molecule has 0 radical (unpaired) electrons. The maximum absolute atomic E-state index is 13.9. The lowest BCUT2D eigenvalue weighted by atomic mass is 9.98. The molecule has 0 saturated carbocycles. The van der Waals surface area contributed by atoms with Crippen LogP contribution in [0.25, 0.3) is 5.65 Å². The van der Waals surface area contributed by atoms with Gasteiger partial charge in [-0.2, -0.15) is 39.5 Å². The number of alkyl halides is 9. The monoisotopic (exact) mass is 638 g/mol. The Morgan fingerprint density at radius 2 is 1.53 bits per heavy atom. The Morgan fingerprint density at radius 1 is 1.00 bits per heavy atom. The van der Waals surface area contributed by atoms with Gasteiger partial charge in [-0.25, -0.2) is 18.6 Å². The van der Waals surface area contributed by atoms with Gasteiger partial charge in [-0.05, 0) is 37.6 Å². The second kappa shape index (κ2) is 13.4. The number of carbonyl (C=O) groups excluding carboxylic acids is 1. The van der Waals surface area contributed by atoms with E-state index in [0.29, 0.717) is 0 Å². The predicted molar refractivity (Wildman–Crippen MR) is 125 cm³/mol. The molecule has 2 aromatic heterocycles. The summed E-state index contributed by atoms with van der Waals surface area (Å²) in [5.74, 6) is -9.12. The molecule has 1 aromatic carbocycles. The van der Waals surface area contributed by atoms with Gasteiger partial charge < -0.3 is 20.9 Å². The molecule has 0 aliphatic carbocycles. The highest BCUT2D eigenvalue weighted by molar-refractivity contribution is 5.95. The van der Waals surface area contributed by atoms with E-state index in [4.69, 9.17) is 20.4 Å². The minimum absolute atomic E-state index is 0.0203. The maximum atomic E-state index is 13.9. The zero-order valence-electron chi connectivity index (χ0n) is 21.5. The number of imidazole rings is 1. The summed E-state index contributed by atoms with van der Waals surface area (Å²) in [4.78, 5) is 25.9. The van der Waals surface area contributed by atoms with E-state index in [0.717, 1.165) is 12.1 Å². The van der Waals surface area contributed by atoms with Crippen molar-refractivity contribution in [1.29, 1.82) is 0 Å². The number of carboxylic acids is 1. The summed E-state index contributed by atoms with van der Waals surface area (Å²) in [6.07, 6.45) is -16.4. The van der Waals surface area contributed by atoms with E-state index in [9.17, 15) is 53.1 Å². The number of nitrogens with two attached hydrogens (primary N) is 1. The van der Waals surface area contributed by atoms with E-state index in [1.807, 2.05) is 0 Å². The van der Waals surface area contributed by atoms with Crippen LogP contribution < -0.4 is 15.8 Å². The first-order valence-electron chi connectivity index (χ1n) is 11.7. The van der Waals surface area contributed by atoms with Gasteiger partial charge in [0.1, 0.15) is 23.9 Å². The van der Waals surface area contributed by atoms with Crippen LogP contribution in [0.15, 0.2) is 36.5 Å². The number of nitrogens with one attached hydrogen (secondary N) is 1. The summed E-state index contributed by atoms with van der Waals surface area (Å²) in [6.45, 7) is 0.178. The molecule has 3 rings (SSSR count). The van der Waals surface area contributed by atoms with Crippen LogP contribution in [0.4, 0.5) is 48.3 Å². The van der Waals surface area contributed by atoms with Gasteiger partial charge in [0.15, 0.2) is 17.3 Å². The summed E-state index contributed by atoms with van der Waals surface area (Å²) in [5.41, 5.74) is 4.91. The van der Waals surface area contributed by atoms with Crippen LogP contribution in [0.2, 0.25) is 0 Å². The van der Waals surface area contributed by atoms with E-state index in [1.54, 1.807) is 0 Å². The highest BCUT2D eigenvalue weighted by Gasteiger charge is 2.57. The summed E-state index contributed by atoms with van der Waals surface area (Å²) in [6, 6.07) is 4.42. The number of halogens is 11. The number of fused-ring (bicyclic) bond motifs is 1. The Hall–Kier alpha value is -4.16. The van der Waals surface area contributed by atoms with E-state index >= 15 is 0 Å². The average molecular weight is 638 g/mol. The normalized spacial score (nSPS) is 13.0. The van der Waals surface area contributed by atoms with Crippen LogP contribution in [-0.4, -0.2) is 57.5 Å². The number of nitrogens with zero attached hydrogens (tertiary/aromatic N) is 2. The van der Waals surface area contributed by atoms with Crippen molar-refractivity contribution in [3.63, 3.8) is 0 Å². The molecule has 1 unspecified atom stereocenters. The van der Waals surface area contributed by atoms with Crippen molar-refractivity contribution >= 4 is 17.5 Å². The molecule has 0 spiro atoms. The summed E-state index contributed by atoms with van der Waals surface area (Å²) in [7, 11) is 0. The van der Waals surface area contributed by atoms with E-state index in [-0.39, 0.29) is 28.3 Å². The van der Waals surface area contributed by atoms with Gasteiger partial charge in [0.25, 0.3) is 5.91 Å². The number of amides is 1. The van der Waals surface area contributed by atoms with Crippen molar-refractivity contribution in [2.45, 2.75) is 44.5 Å². The second-order valence-corrected chi connectivity index (χ2v) is 8.68. The van der Waals surface area contributed by atoms with Gasteiger partial charge in [-0.3, -0.25) is 9.20 Å². The van der Waals surface area contributed by atoms with Crippen molar-refractivity contribution in [2.24, 2.45) is 11.7 Å². The van der Waals surface area contributed by atoms with Crippen molar-refractivity contribution in [1.82, 2.24) is 14.7 Å². The molecule has 19 heteroatoms. The van der Waals surface area contributed by atoms with Gasteiger partial charge in [0.2, 0.25) is 0 Å². The number of benzene rings is 1. The van der Waals surface area contributed by atoms with Crippen LogP contribution in [0, 0.1) is 24.5 Å². The molecule has 0 aliphatic rings. The second-order valence-electron chi connectivity index (χ2n) is 8.68. The SMILES string of the molecule is Cc1nc2c(OCc3c(F)cccc3F)cccn2c1C(=O)NC(CN)CC(C(F)(F)F)C(F)(F)F.O=C(O)C(F)(F)F. The third-order valence-corrected chi connectivity index (χ3v) is 5.61. The largest absolute Gasteiger partial charge is 0.490 e. The minimum atomic E-state index is -5.58. The fraction of sp³-hybridized carbons (Fsp3) is 0.375. The lowest BCUT2D eigenvalue weighted by Gasteiger charge is -2.27. The summed E-state index contributed by atoms with van der Waals surface area (Å²) >= 11 is 0. The Labute approximate surface area is 234 Å². The van der Waals surface area contributed by atoms with Crippen molar-refractivity contribution in [3.05, 3.63) is 65.1 Å². The molecule has 2 heterocycles. The van der Waals surface area contributed by atoms with Crippen molar-refractivity contribution in [3.8, 4) is 5.75 Å². The number of carboxylic acid groups (broad SMARTS) is 1. The fourth-order valence-electron chi connectivity index (χ4n) is 3.57. The summed E-state index contributed by atoms with van der Waals surface area (Å²) < 4.78 is 144. The lowest BCUT2D eigenvalue weighted by Crippen LogP contribution is -2.47. The Balaban J connectivity index is 0.000000821. The number of aromatic nitrogens is 2. The topological polar surface area (TPSA) is 119 Å². The zero-order valence-corrected chi connectivity index (χ0v) is 21.5. The van der Waals surface area contributed by atoms with Gasteiger partial charge in [-0.1, -0.05) is 6.07 Å². The number of aryl methyl sites for hydroxylation is 1. The number of pyridine rings is 1. The smallest absolute Gasteiger partial charge is 0.485 e. The van der Waals surface area contributed by atoms with Gasteiger partial charge in [0, 0.05) is 18.8 Å². The first-order valence-corrected chi connectivity index (χ1v) is 11.7. The average Bonchev–Trinajstić information content (AvgIpc) is 3.21. The standard InChI is InChI=1S/C22H20F8N4O2.C2HF3O2/c1-11-18(20(35)33-12(9-31)8-17(21(25,26)27)22(28,29)30)34-7-3-6-16(19(34)32-11)36-10-13-14(23)4-2-5-15(13)24;3-2(4,5)1(6)7/h2-7,12,17H,8-10,31H2,1H3,(H,33,35);(H,6,7). The van der Waals surface area contributed by atoms with Crippen LogP contribution in [0.3, 0.4) is 0 Å². The molecular weight excluding hydrogens is 617 g/mol. The Morgan fingerprint density at radius 3 is 2.00 bits per heavy atom. The van der Waals surface area contributed by atoms with Crippen LogP contribution in [0.5, 0.6) is 5.75 Å². The van der Waals surface area contributed by atoms with Gasteiger partial charge in [-0.15, -0.1) is 0 Å². The zero-order chi connectivity index (χ0) is 32.9. The van der Waals surface area contributed by atoms with E-state index in [2.05, 4.69) is 10.3 Å². The number of rotatable bonds is 8. The molecule has 4 N–H and O–H groups in total. The number of ether oxygens (including phenoxy) is 1. The van der Waals surface area contributed by atoms with Crippen molar-refractivity contribution in [2.75, 3.05) is 6.54 Å². The van der Waals surface area contributed by atoms with Crippen LogP contribution in [0.1, 0.15) is 28.2 Å². The first-order chi connectivity index (χ1) is 19.7. The van der Waals surface area contributed by atoms with Crippen LogP contribution >= 0.6 is 0 Å². The highest BCUT2D eigenvalue weighted by Crippen LogP contribution is 2.42. The fourth-order valence-corrected chi connectivity index (χ4v) is 3.57. The van der Waals surface area contributed by atoms with Crippen molar-refractivity contribution < 1.29 is 67.7 Å². The molecule has 0 aliphatic heterocycles. The third kappa shape index (κ3) is 9.16. The van der Waals surface area contributed by atoms with Gasteiger partial charge in [0.05, 0.1) is 11.3 Å². The third-order valence-electron chi connectivity index (χ3n) is 5.61. The molecule has 1 atom stereocenters. The molecule has 8 nitrogen and oxygen atoms in total. The van der Waals surface area contributed by atoms with Gasteiger partial charge >= 0.3 is 24.5 Å². The number of aliphatic carboxylic acids is 1. The number of hydrogen-bond donors (Lipinski definition) is 3. The molecule has 1 amide bonds. The van der Waals surface area contributed by atoms with E-state index in [1.165, 1.54) is 35.7 Å². The maximum Gasteiger partial charge on any atom is 0.490 e. The van der Waals surface area contributed by atoms with E-state index < -0.39 is 73.6 Å². The molecular formula is C24H21F11N4O4. The quantitative estimate of drug-likeness (QED) is 0.288. The first kappa shape index (κ1) is 35.0. The lowest BCUT2D eigenvalue weighted by molar-refractivity contribution is -0.286. The summed E-state index contributed by atoms with van der Waals surface area (Å²) in [5, 5.41) is 9.23. The minimum Gasteiger partial charge on any atom is -0.485 e. The molecule has 43 heavy (non-hydrogen) atoms. The number of hydrogen-bond acceptors (Lipinski definition) is 5. The molecule has 0 bridgehead atoms. The number of carbonyl (C=O) groups is 2. The molecule has 3 aromatic rings.